The lowest BCUT2D eigenvalue weighted by atomic mass is 10.1. The molecule has 0 radical (unpaired) electrons. The molecule has 0 saturated carbocycles. The third kappa shape index (κ3) is 3.93. The molecule has 4 N–H and O–H groups in total. The van der Waals surface area contributed by atoms with Crippen molar-refractivity contribution in [3.63, 3.8) is 0 Å². The van der Waals surface area contributed by atoms with Crippen LogP contribution in [0, 0.1) is 6.92 Å². The summed E-state index contributed by atoms with van der Waals surface area (Å²) in [5.74, 6) is 0.0596. The number of benzene rings is 1. The Hall–Kier alpha value is -4.05. The minimum absolute atomic E-state index is 0.00259. The number of likely N-dealkylation sites (N-methyl/N-ethyl adjacent to an activating group) is 1. The summed E-state index contributed by atoms with van der Waals surface area (Å²) in [6, 6.07) is 10.7. The van der Waals surface area contributed by atoms with Crippen molar-refractivity contribution in [3.05, 3.63) is 64.2 Å². The average molecular weight is 488 g/mol. The second-order valence-electron chi connectivity index (χ2n) is 9.61. The number of pyridine rings is 2. The molecule has 2 saturated heterocycles. The molecule has 36 heavy (non-hydrogen) atoms. The molecule has 3 aliphatic heterocycles. The molecule has 10 nitrogen and oxygen atoms in total. The number of rotatable bonds is 5. The van der Waals surface area contributed by atoms with Gasteiger partial charge in [0.2, 0.25) is 5.88 Å². The van der Waals surface area contributed by atoms with Gasteiger partial charge < -0.3 is 30.6 Å². The van der Waals surface area contributed by atoms with Crippen molar-refractivity contribution in [3.8, 4) is 5.88 Å². The van der Waals surface area contributed by atoms with Crippen molar-refractivity contribution < 1.29 is 9.53 Å². The fourth-order valence-corrected chi connectivity index (χ4v) is 5.41. The van der Waals surface area contributed by atoms with Crippen molar-refractivity contribution in [1.29, 1.82) is 0 Å². The van der Waals surface area contributed by atoms with Crippen LogP contribution < -0.4 is 31.1 Å². The molecular weight excluding hydrogens is 458 g/mol. The van der Waals surface area contributed by atoms with E-state index < -0.39 is 11.5 Å². The Balaban J connectivity index is 1.21. The summed E-state index contributed by atoms with van der Waals surface area (Å²) < 4.78 is 5.59. The molecule has 10 heteroatoms. The SMILES string of the molecule is Cc1c(Nc2cc[nH]c(=O)c2C(=O)Nc2ccc(N3C[C@@H]4C[C@H]3CN4C)cc2)cnc2c1NCCO2. The largest absolute Gasteiger partial charge is 0.474 e. The van der Waals surface area contributed by atoms with Crippen molar-refractivity contribution in [1.82, 2.24) is 14.9 Å². The number of piperazine rings is 1. The van der Waals surface area contributed by atoms with E-state index in [1.807, 2.05) is 31.2 Å². The van der Waals surface area contributed by atoms with Crippen molar-refractivity contribution in [2.45, 2.75) is 25.4 Å². The van der Waals surface area contributed by atoms with Gasteiger partial charge in [0.1, 0.15) is 17.9 Å². The van der Waals surface area contributed by atoms with E-state index in [-0.39, 0.29) is 5.56 Å². The van der Waals surface area contributed by atoms with Crippen molar-refractivity contribution >= 4 is 34.3 Å². The Morgan fingerprint density at radius 3 is 2.72 bits per heavy atom. The van der Waals surface area contributed by atoms with Crippen LogP contribution >= 0.6 is 0 Å². The van der Waals surface area contributed by atoms with Gasteiger partial charge in [-0.3, -0.25) is 14.5 Å². The quantitative estimate of drug-likeness (QED) is 0.434. The van der Waals surface area contributed by atoms with E-state index in [0.717, 1.165) is 30.0 Å². The van der Waals surface area contributed by atoms with Gasteiger partial charge in [-0.2, -0.15) is 0 Å². The summed E-state index contributed by atoms with van der Waals surface area (Å²) in [7, 11) is 2.18. The van der Waals surface area contributed by atoms with Crippen LogP contribution in [0.1, 0.15) is 22.3 Å². The number of carbonyl (C=O) groups is 1. The predicted octanol–water partition coefficient (Wildman–Crippen LogP) is 2.77. The van der Waals surface area contributed by atoms with Crippen LogP contribution in [-0.4, -0.2) is 66.1 Å². The van der Waals surface area contributed by atoms with E-state index in [4.69, 9.17) is 4.74 Å². The fraction of sp³-hybridized carbons (Fsp3) is 0.346. The number of likely N-dealkylation sites (tertiary alicyclic amines) is 1. The molecule has 1 aromatic carbocycles. The van der Waals surface area contributed by atoms with E-state index in [0.29, 0.717) is 48.2 Å². The third-order valence-corrected chi connectivity index (χ3v) is 7.37. The smallest absolute Gasteiger partial charge is 0.263 e. The second kappa shape index (κ2) is 8.87. The van der Waals surface area contributed by atoms with E-state index in [2.05, 4.69) is 42.8 Å². The number of nitrogens with one attached hydrogen (secondary N) is 4. The Kier molecular flexibility index (Phi) is 5.52. The normalized spacial score (nSPS) is 20.4. The van der Waals surface area contributed by atoms with Crippen LogP contribution in [0.2, 0.25) is 0 Å². The van der Waals surface area contributed by atoms with E-state index in [1.165, 1.54) is 12.6 Å². The fourth-order valence-electron chi connectivity index (χ4n) is 5.41. The highest BCUT2D eigenvalue weighted by Crippen LogP contribution is 2.35. The van der Waals surface area contributed by atoms with Crippen molar-refractivity contribution in [2.24, 2.45) is 0 Å². The number of hydrogen-bond donors (Lipinski definition) is 4. The zero-order valence-corrected chi connectivity index (χ0v) is 20.3. The lowest BCUT2D eigenvalue weighted by Gasteiger charge is -2.33. The molecule has 2 atom stereocenters. The number of aromatic nitrogens is 2. The third-order valence-electron chi connectivity index (χ3n) is 7.37. The number of carbonyl (C=O) groups excluding carboxylic acids is 1. The molecule has 0 spiro atoms. The lowest BCUT2D eigenvalue weighted by molar-refractivity contribution is 0.102. The summed E-state index contributed by atoms with van der Waals surface area (Å²) in [5.41, 5.74) is 4.09. The zero-order valence-electron chi connectivity index (χ0n) is 20.3. The zero-order chi connectivity index (χ0) is 24.8. The summed E-state index contributed by atoms with van der Waals surface area (Å²) in [6.07, 6.45) is 4.36. The molecule has 6 rings (SSSR count). The predicted molar refractivity (Wildman–Crippen MR) is 140 cm³/mol. The number of hydrogen-bond acceptors (Lipinski definition) is 8. The van der Waals surface area contributed by atoms with Gasteiger partial charge in [0.25, 0.3) is 11.5 Å². The number of anilines is 5. The number of nitrogens with zero attached hydrogens (tertiary/aromatic N) is 3. The van der Waals surface area contributed by atoms with Gasteiger partial charge in [0.05, 0.1) is 17.6 Å². The maximum Gasteiger partial charge on any atom is 0.263 e. The van der Waals surface area contributed by atoms with Gasteiger partial charge in [-0.1, -0.05) is 0 Å². The Labute approximate surface area is 208 Å². The number of H-pyrrole nitrogens is 1. The van der Waals surface area contributed by atoms with Gasteiger partial charge in [-0.05, 0) is 50.7 Å². The summed E-state index contributed by atoms with van der Waals surface area (Å²) in [5, 5.41) is 9.38. The number of fused-ring (bicyclic) bond motifs is 3. The molecule has 0 aliphatic carbocycles. The minimum atomic E-state index is -0.487. The molecular formula is C26H29N7O3. The monoisotopic (exact) mass is 487 g/mol. The summed E-state index contributed by atoms with van der Waals surface area (Å²) in [4.78, 5) is 37.7. The minimum Gasteiger partial charge on any atom is -0.474 e. The number of aromatic amines is 1. The lowest BCUT2D eigenvalue weighted by Crippen LogP contribution is -2.44. The number of amides is 1. The Morgan fingerprint density at radius 2 is 1.97 bits per heavy atom. The highest BCUT2D eigenvalue weighted by atomic mass is 16.5. The highest BCUT2D eigenvalue weighted by molar-refractivity contribution is 6.08. The first-order chi connectivity index (χ1) is 17.5. The van der Waals surface area contributed by atoms with Gasteiger partial charge in [-0.25, -0.2) is 4.98 Å². The van der Waals surface area contributed by atoms with E-state index in [1.54, 1.807) is 12.3 Å². The first kappa shape index (κ1) is 22.4. The van der Waals surface area contributed by atoms with E-state index >= 15 is 0 Å². The average Bonchev–Trinajstić information content (AvgIpc) is 3.46. The molecule has 2 fully saturated rings. The van der Waals surface area contributed by atoms with Crippen LogP contribution in [0.5, 0.6) is 5.88 Å². The molecule has 2 bridgehead atoms. The van der Waals surface area contributed by atoms with Crippen molar-refractivity contribution in [2.75, 3.05) is 54.1 Å². The summed E-state index contributed by atoms with van der Waals surface area (Å²) in [6.45, 7) is 5.29. The summed E-state index contributed by atoms with van der Waals surface area (Å²) >= 11 is 0. The molecule has 0 unspecified atom stereocenters. The van der Waals surface area contributed by atoms with Crippen LogP contribution in [0.25, 0.3) is 0 Å². The van der Waals surface area contributed by atoms with Crippen LogP contribution in [0.3, 0.4) is 0 Å². The van der Waals surface area contributed by atoms with Crippen LogP contribution in [-0.2, 0) is 0 Å². The van der Waals surface area contributed by atoms with Crippen LogP contribution in [0.4, 0.5) is 28.4 Å². The highest BCUT2D eigenvalue weighted by Gasteiger charge is 2.41. The van der Waals surface area contributed by atoms with Gasteiger partial charge in [-0.15, -0.1) is 0 Å². The Morgan fingerprint density at radius 1 is 1.14 bits per heavy atom. The maximum atomic E-state index is 13.2. The topological polar surface area (TPSA) is 115 Å². The van der Waals surface area contributed by atoms with Crippen LogP contribution in [0.15, 0.2) is 47.5 Å². The first-order valence-corrected chi connectivity index (χ1v) is 12.2. The van der Waals surface area contributed by atoms with Gasteiger partial charge in [0.15, 0.2) is 0 Å². The molecule has 3 aromatic rings. The first-order valence-electron chi connectivity index (χ1n) is 12.2. The maximum absolute atomic E-state index is 13.2. The van der Waals surface area contributed by atoms with Gasteiger partial charge >= 0.3 is 0 Å². The molecule has 1 amide bonds. The standard InChI is InChI=1S/C26H29N7O3/c1-15-21(12-29-26-23(15)27-9-10-36-26)31-20-7-8-28-24(34)22(20)25(35)30-16-3-5-17(6-4-16)33-14-18-11-19(33)13-32(18)2/h3-8,12,18-19,27H,9-11,13-14H2,1-2H3,(H,30,35)(H2,28,31,34)/t18-,19-/m0/s1. The number of ether oxygens (including phenoxy) is 1. The molecule has 186 valence electrons. The molecule has 2 aromatic heterocycles. The second-order valence-corrected chi connectivity index (χ2v) is 9.61. The van der Waals surface area contributed by atoms with E-state index in [9.17, 15) is 9.59 Å². The molecule has 3 aliphatic rings. The molecule has 5 heterocycles. The van der Waals surface area contributed by atoms with Gasteiger partial charge in [0, 0.05) is 54.9 Å². The Bertz CT molecular complexity index is 1370.